The topological polar surface area (TPSA) is 79.4 Å². The van der Waals surface area contributed by atoms with Crippen molar-refractivity contribution in [2.45, 2.75) is 28.5 Å². The fourth-order valence-electron chi connectivity index (χ4n) is 3.22. The van der Waals surface area contributed by atoms with Crippen LogP contribution in [0, 0.1) is 5.82 Å². The predicted octanol–water partition coefficient (Wildman–Crippen LogP) is 4.34. The van der Waals surface area contributed by atoms with Crippen molar-refractivity contribution in [3.05, 3.63) is 48.3 Å². The highest BCUT2D eigenvalue weighted by atomic mass is 32.2. The molecule has 1 amide bonds. The van der Waals surface area contributed by atoms with Gasteiger partial charge in [0, 0.05) is 18.8 Å². The lowest BCUT2D eigenvalue weighted by Crippen LogP contribution is -2.35. The highest BCUT2D eigenvalue weighted by molar-refractivity contribution is 8.01. The number of nitrogens with zero attached hydrogens (tertiary/aromatic N) is 2. The number of sulfonamides is 1. The second-order valence-electron chi connectivity index (χ2n) is 6.92. The van der Waals surface area contributed by atoms with Crippen molar-refractivity contribution in [2.75, 3.05) is 24.2 Å². The average molecular weight is 466 g/mol. The van der Waals surface area contributed by atoms with Gasteiger partial charge in [-0.3, -0.25) is 4.79 Å². The standard InChI is InChI=1S/C20H20FN3O3S3/c21-14-4-6-15(7-5-14)22-19(25)13-28-20-23-17-9-8-16(12-18(17)29-20)30(26,27)24-10-2-1-3-11-24/h4-9,12H,1-3,10-11,13H2,(H,22,25). The van der Waals surface area contributed by atoms with Crippen molar-refractivity contribution in [1.82, 2.24) is 9.29 Å². The quantitative estimate of drug-likeness (QED) is 0.548. The number of piperidine rings is 1. The summed E-state index contributed by atoms with van der Waals surface area (Å²) in [7, 11) is -3.49. The molecule has 30 heavy (non-hydrogen) atoms. The van der Waals surface area contributed by atoms with Crippen LogP contribution in [-0.4, -0.2) is 42.5 Å². The van der Waals surface area contributed by atoms with Crippen LogP contribution < -0.4 is 5.32 Å². The number of anilines is 1. The predicted molar refractivity (Wildman–Crippen MR) is 118 cm³/mol. The number of nitrogens with one attached hydrogen (secondary N) is 1. The van der Waals surface area contributed by atoms with Crippen LogP contribution in [0.2, 0.25) is 0 Å². The molecule has 0 bridgehead atoms. The molecule has 3 aromatic rings. The van der Waals surface area contributed by atoms with E-state index in [1.54, 1.807) is 22.5 Å². The van der Waals surface area contributed by atoms with E-state index in [9.17, 15) is 17.6 Å². The first kappa shape index (κ1) is 21.2. The summed E-state index contributed by atoms with van der Waals surface area (Å²) in [4.78, 5) is 16.9. The van der Waals surface area contributed by atoms with E-state index in [1.165, 1.54) is 47.4 Å². The largest absolute Gasteiger partial charge is 0.325 e. The van der Waals surface area contributed by atoms with Crippen molar-refractivity contribution >= 4 is 54.9 Å². The van der Waals surface area contributed by atoms with E-state index >= 15 is 0 Å². The summed E-state index contributed by atoms with van der Waals surface area (Å²) in [5.41, 5.74) is 1.23. The molecule has 1 N–H and O–H groups in total. The molecule has 0 aliphatic carbocycles. The number of rotatable bonds is 6. The minimum atomic E-state index is -3.49. The number of amides is 1. The molecule has 1 aromatic heterocycles. The van der Waals surface area contributed by atoms with Gasteiger partial charge < -0.3 is 5.32 Å². The number of carbonyl (C=O) groups is 1. The van der Waals surface area contributed by atoms with E-state index in [4.69, 9.17) is 0 Å². The molecule has 158 valence electrons. The van der Waals surface area contributed by atoms with Gasteiger partial charge in [0.05, 0.1) is 20.9 Å². The summed E-state index contributed by atoms with van der Waals surface area (Å²) in [5, 5.41) is 2.70. The van der Waals surface area contributed by atoms with Crippen LogP contribution in [0.25, 0.3) is 10.2 Å². The van der Waals surface area contributed by atoms with Gasteiger partial charge in [-0.15, -0.1) is 11.3 Å². The number of halogens is 1. The second kappa shape index (κ2) is 9.01. The number of hydrogen-bond donors (Lipinski definition) is 1. The first-order valence-corrected chi connectivity index (χ1v) is 12.7. The van der Waals surface area contributed by atoms with Crippen LogP contribution in [0.4, 0.5) is 10.1 Å². The highest BCUT2D eigenvalue weighted by Gasteiger charge is 2.26. The van der Waals surface area contributed by atoms with E-state index < -0.39 is 10.0 Å². The number of carbonyl (C=O) groups excluding carboxylic acids is 1. The molecule has 2 aromatic carbocycles. The Balaban J connectivity index is 1.43. The number of thiazole rings is 1. The molecule has 1 fully saturated rings. The number of fused-ring (bicyclic) bond motifs is 1. The molecule has 2 heterocycles. The van der Waals surface area contributed by atoms with E-state index in [-0.39, 0.29) is 22.4 Å². The van der Waals surface area contributed by atoms with Gasteiger partial charge in [-0.2, -0.15) is 4.31 Å². The number of thioether (sulfide) groups is 1. The zero-order valence-corrected chi connectivity index (χ0v) is 18.5. The summed E-state index contributed by atoms with van der Waals surface area (Å²) >= 11 is 2.64. The molecule has 6 nitrogen and oxygen atoms in total. The first-order valence-electron chi connectivity index (χ1n) is 9.51. The SMILES string of the molecule is O=C(CSc1nc2ccc(S(=O)(=O)N3CCCCC3)cc2s1)Nc1ccc(F)cc1. The van der Waals surface area contributed by atoms with Gasteiger partial charge in [0.2, 0.25) is 15.9 Å². The highest BCUT2D eigenvalue weighted by Crippen LogP contribution is 2.32. The Hall–Kier alpha value is -2.01. The fraction of sp³-hybridized carbons (Fsp3) is 0.300. The van der Waals surface area contributed by atoms with Crippen LogP contribution in [0.3, 0.4) is 0 Å². The molecule has 1 saturated heterocycles. The van der Waals surface area contributed by atoms with E-state index in [1.807, 2.05) is 0 Å². The molecule has 1 aliphatic heterocycles. The van der Waals surface area contributed by atoms with Gasteiger partial charge in [0.25, 0.3) is 0 Å². The Labute approximate surface area is 182 Å². The van der Waals surface area contributed by atoms with Gasteiger partial charge in [0.1, 0.15) is 5.82 Å². The van der Waals surface area contributed by atoms with Crippen LogP contribution in [0.15, 0.2) is 51.7 Å². The Bertz CT molecular complexity index is 1160. The molecular formula is C20H20FN3O3S3. The Morgan fingerprint density at radius 3 is 2.60 bits per heavy atom. The van der Waals surface area contributed by atoms with E-state index in [0.717, 1.165) is 24.0 Å². The maximum Gasteiger partial charge on any atom is 0.243 e. The maximum atomic E-state index is 12.9. The minimum absolute atomic E-state index is 0.149. The third-order valence-electron chi connectivity index (χ3n) is 4.75. The first-order chi connectivity index (χ1) is 14.4. The molecule has 4 rings (SSSR count). The van der Waals surface area contributed by atoms with Crippen molar-refractivity contribution in [3.8, 4) is 0 Å². The third kappa shape index (κ3) is 4.83. The van der Waals surface area contributed by atoms with Crippen LogP contribution in [0.1, 0.15) is 19.3 Å². The van der Waals surface area contributed by atoms with Crippen molar-refractivity contribution in [3.63, 3.8) is 0 Å². The van der Waals surface area contributed by atoms with Crippen LogP contribution in [-0.2, 0) is 14.8 Å². The normalized spacial score (nSPS) is 15.4. The van der Waals surface area contributed by atoms with Gasteiger partial charge in [-0.1, -0.05) is 18.2 Å². The Morgan fingerprint density at radius 2 is 1.87 bits per heavy atom. The summed E-state index contributed by atoms with van der Waals surface area (Å²) in [5.74, 6) is -0.436. The van der Waals surface area contributed by atoms with Gasteiger partial charge in [-0.25, -0.2) is 17.8 Å². The third-order valence-corrected chi connectivity index (χ3v) is 8.80. The number of benzene rings is 2. The lowest BCUT2D eigenvalue weighted by Gasteiger charge is -2.25. The van der Waals surface area contributed by atoms with Crippen molar-refractivity contribution in [2.24, 2.45) is 0 Å². The molecule has 1 aliphatic rings. The molecule has 0 unspecified atom stereocenters. The van der Waals surface area contributed by atoms with E-state index in [0.29, 0.717) is 28.6 Å². The zero-order chi connectivity index (χ0) is 21.1. The molecule has 0 saturated carbocycles. The Kier molecular flexibility index (Phi) is 6.37. The van der Waals surface area contributed by atoms with Crippen LogP contribution in [0.5, 0.6) is 0 Å². The zero-order valence-electron chi connectivity index (χ0n) is 16.0. The number of hydrogen-bond acceptors (Lipinski definition) is 6. The lowest BCUT2D eigenvalue weighted by molar-refractivity contribution is -0.113. The maximum absolute atomic E-state index is 12.9. The van der Waals surface area contributed by atoms with Gasteiger partial charge in [-0.05, 0) is 55.3 Å². The fourth-order valence-corrected chi connectivity index (χ4v) is 6.74. The van der Waals surface area contributed by atoms with Gasteiger partial charge in [0.15, 0.2) is 4.34 Å². The smallest absolute Gasteiger partial charge is 0.243 e. The summed E-state index contributed by atoms with van der Waals surface area (Å²) in [6.07, 6.45) is 2.85. The second-order valence-corrected chi connectivity index (χ2v) is 11.1. The molecular weight excluding hydrogens is 445 g/mol. The molecule has 10 heteroatoms. The average Bonchev–Trinajstić information content (AvgIpc) is 3.17. The molecule has 0 radical (unpaired) electrons. The summed E-state index contributed by atoms with van der Waals surface area (Å²) in [6.45, 7) is 1.13. The summed E-state index contributed by atoms with van der Waals surface area (Å²) in [6, 6.07) is 10.5. The van der Waals surface area contributed by atoms with Crippen molar-refractivity contribution < 1.29 is 17.6 Å². The van der Waals surface area contributed by atoms with Crippen LogP contribution >= 0.6 is 23.1 Å². The number of aromatic nitrogens is 1. The van der Waals surface area contributed by atoms with Gasteiger partial charge >= 0.3 is 0 Å². The monoisotopic (exact) mass is 465 g/mol. The Morgan fingerprint density at radius 1 is 1.13 bits per heavy atom. The molecule has 0 atom stereocenters. The summed E-state index contributed by atoms with van der Waals surface area (Å²) < 4.78 is 41.7. The molecule has 0 spiro atoms. The van der Waals surface area contributed by atoms with Crippen molar-refractivity contribution in [1.29, 1.82) is 0 Å². The minimum Gasteiger partial charge on any atom is -0.325 e. The van der Waals surface area contributed by atoms with E-state index in [2.05, 4.69) is 10.3 Å². The lowest BCUT2D eigenvalue weighted by atomic mass is 10.2.